The Morgan fingerprint density at radius 1 is 1.40 bits per heavy atom. The predicted molar refractivity (Wildman–Crippen MR) is 69.0 cm³/mol. The van der Waals surface area contributed by atoms with Crippen molar-refractivity contribution in [1.29, 1.82) is 0 Å². The quantitative estimate of drug-likeness (QED) is 0.624. The van der Waals surface area contributed by atoms with E-state index in [0.29, 0.717) is 0 Å². The summed E-state index contributed by atoms with van der Waals surface area (Å²) in [7, 11) is -4.44. The summed E-state index contributed by atoms with van der Waals surface area (Å²) < 4.78 is 75.5. The SMILES string of the molecule is CC(CC(F)(F)F)NS(=O)(=O)c1cc(N)cc(Br)c1F. The number of rotatable bonds is 4. The summed E-state index contributed by atoms with van der Waals surface area (Å²) in [5.74, 6) is -1.12. The fourth-order valence-corrected chi connectivity index (χ4v) is 3.48. The molecular formula is C10H11BrF4N2O2S. The number of hydrogen-bond acceptors (Lipinski definition) is 3. The molecule has 1 unspecified atom stereocenters. The first kappa shape index (κ1) is 17.2. The molecule has 1 aromatic rings. The van der Waals surface area contributed by atoms with E-state index in [1.165, 1.54) is 0 Å². The van der Waals surface area contributed by atoms with Crippen LogP contribution in [0.15, 0.2) is 21.5 Å². The van der Waals surface area contributed by atoms with Crippen molar-refractivity contribution in [1.82, 2.24) is 4.72 Å². The van der Waals surface area contributed by atoms with Gasteiger partial charge in [-0.25, -0.2) is 17.5 Å². The molecule has 114 valence electrons. The topological polar surface area (TPSA) is 72.2 Å². The summed E-state index contributed by atoms with van der Waals surface area (Å²) in [6.07, 6.45) is -5.89. The van der Waals surface area contributed by atoms with Gasteiger partial charge >= 0.3 is 6.18 Å². The molecule has 0 heterocycles. The van der Waals surface area contributed by atoms with Crippen molar-refractivity contribution in [2.75, 3.05) is 5.73 Å². The lowest BCUT2D eigenvalue weighted by Gasteiger charge is -2.16. The maximum Gasteiger partial charge on any atom is 0.390 e. The average Bonchev–Trinajstić information content (AvgIpc) is 2.19. The number of benzene rings is 1. The number of anilines is 1. The van der Waals surface area contributed by atoms with Crippen LogP contribution in [0.3, 0.4) is 0 Å². The summed E-state index contributed by atoms with van der Waals surface area (Å²) in [4.78, 5) is -0.807. The number of alkyl halides is 3. The number of nitrogen functional groups attached to an aromatic ring is 1. The Morgan fingerprint density at radius 3 is 2.45 bits per heavy atom. The van der Waals surface area contributed by atoms with Gasteiger partial charge in [-0.15, -0.1) is 0 Å². The Hall–Kier alpha value is -0.870. The van der Waals surface area contributed by atoms with E-state index in [1.807, 2.05) is 0 Å². The van der Waals surface area contributed by atoms with Crippen molar-refractivity contribution in [2.24, 2.45) is 0 Å². The van der Waals surface area contributed by atoms with E-state index in [-0.39, 0.29) is 10.2 Å². The predicted octanol–water partition coefficient (Wildman–Crippen LogP) is 2.79. The van der Waals surface area contributed by atoms with E-state index in [4.69, 9.17) is 5.73 Å². The molecule has 0 saturated carbocycles. The normalized spacial score (nSPS) is 14.3. The average molecular weight is 379 g/mol. The molecule has 0 amide bonds. The third-order valence-electron chi connectivity index (χ3n) is 2.20. The Bertz CT molecular complexity index is 604. The van der Waals surface area contributed by atoms with Crippen LogP contribution in [0.4, 0.5) is 23.2 Å². The minimum atomic E-state index is -4.53. The number of sulfonamides is 1. The van der Waals surface area contributed by atoms with Gasteiger partial charge < -0.3 is 5.73 Å². The third-order valence-corrected chi connectivity index (χ3v) is 4.37. The molecule has 1 aromatic carbocycles. The van der Waals surface area contributed by atoms with Gasteiger partial charge in [-0.3, -0.25) is 0 Å². The van der Waals surface area contributed by atoms with E-state index < -0.39 is 39.4 Å². The molecule has 0 aliphatic heterocycles. The summed E-state index contributed by atoms with van der Waals surface area (Å²) in [5, 5.41) is 0. The standard InChI is InChI=1S/C10H11BrF4N2O2S/c1-5(4-10(13,14)15)17-20(18,19)8-3-6(16)2-7(11)9(8)12/h2-3,5,17H,4,16H2,1H3. The maximum absolute atomic E-state index is 13.7. The molecule has 0 aromatic heterocycles. The molecule has 0 bridgehead atoms. The lowest BCUT2D eigenvalue weighted by atomic mass is 10.2. The van der Waals surface area contributed by atoms with Gasteiger partial charge in [-0.1, -0.05) is 0 Å². The van der Waals surface area contributed by atoms with E-state index in [1.54, 1.807) is 4.72 Å². The zero-order valence-electron chi connectivity index (χ0n) is 10.1. The van der Waals surface area contributed by atoms with Crippen molar-refractivity contribution in [3.63, 3.8) is 0 Å². The Balaban J connectivity index is 3.06. The van der Waals surface area contributed by atoms with Crippen molar-refractivity contribution in [2.45, 2.75) is 30.5 Å². The monoisotopic (exact) mass is 378 g/mol. The minimum Gasteiger partial charge on any atom is -0.399 e. The molecular weight excluding hydrogens is 368 g/mol. The van der Waals surface area contributed by atoms with Gasteiger partial charge in [0.1, 0.15) is 4.90 Å². The highest BCUT2D eigenvalue weighted by atomic mass is 79.9. The van der Waals surface area contributed by atoms with Crippen LogP contribution < -0.4 is 10.5 Å². The Kier molecular flexibility index (Phi) is 5.03. The highest BCUT2D eigenvalue weighted by molar-refractivity contribution is 9.10. The van der Waals surface area contributed by atoms with Gasteiger partial charge in [-0.05, 0) is 35.0 Å². The lowest BCUT2D eigenvalue weighted by molar-refractivity contribution is -0.137. The lowest BCUT2D eigenvalue weighted by Crippen LogP contribution is -2.36. The first-order chi connectivity index (χ1) is 8.92. The smallest absolute Gasteiger partial charge is 0.390 e. The van der Waals surface area contributed by atoms with Gasteiger partial charge in [0, 0.05) is 11.7 Å². The van der Waals surface area contributed by atoms with Crippen LogP contribution in [0, 0.1) is 5.82 Å². The van der Waals surface area contributed by atoms with Crippen LogP contribution in [0.1, 0.15) is 13.3 Å². The van der Waals surface area contributed by atoms with Gasteiger partial charge in [0.05, 0.1) is 10.9 Å². The number of halogens is 5. The maximum atomic E-state index is 13.7. The molecule has 0 fully saturated rings. The van der Waals surface area contributed by atoms with Gasteiger partial charge in [0.25, 0.3) is 0 Å². The third kappa shape index (κ3) is 4.60. The Labute approximate surface area is 121 Å². The molecule has 10 heteroatoms. The molecule has 0 aliphatic carbocycles. The highest BCUT2D eigenvalue weighted by Crippen LogP contribution is 2.27. The molecule has 0 radical (unpaired) electrons. The first-order valence-corrected chi connectivity index (χ1v) is 7.53. The van der Waals surface area contributed by atoms with Crippen molar-refractivity contribution >= 4 is 31.6 Å². The van der Waals surface area contributed by atoms with Crippen LogP contribution in [-0.2, 0) is 10.0 Å². The molecule has 20 heavy (non-hydrogen) atoms. The van der Waals surface area contributed by atoms with Crippen molar-refractivity contribution in [3.8, 4) is 0 Å². The number of nitrogens with one attached hydrogen (secondary N) is 1. The molecule has 4 nitrogen and oxygen atoms in total. The fourth-order valence-electron chi connectivity index (χ4n) is 1.50. The van der Waals surface area contributed by atoms with E-state index in [9.17, 15) is 26.0 Å². The Morgan fingerprint density at radius 2 is 1.95 bits per heavy atom. The molecule has 0 aliphatic rings. The second-order valence-corrected chi connectivity index (χ2v) is 6.69. The molecule has 1 atom stereocenters. The molecule has 0 spiro atoms. The summed E-state index contributed by atoms with van der Waals surface area (Å²) in [6, 6.07) is 0.551. The molecule has 0 saturated heterocycles. The summed E-state index contributed by atoms with van der Waals surface area (Å²) in [5.41, 5.74) is 5.35. The van der Waals surface area contributed by atoms with Gasteiger partial charge in [0.2, 0.25) is 10.0 Å². The summed E-state index contributed by atoms with van der Waals surface area (Å²) in [6.45, 7) is 1.03. The van der Waals surface area contributed by atoms with Crippen LogP contribution in [0.2, 0.25) is 0 Å². The minimum absolute atomic E-state index is 0.0397. The van der Waals surface area contributed by atoms with Crippen LogP contribution in [0.5, 0.6) is 0 Å². The zero-order chi connectivity index (χ0) is 15.7. The van der Waals surface area contributed by atoms with Crippen molar-refractivity contribution < 1.29 is 26.0 Å². The van der Waals surface area contributed by atoms with Crippen molar-refractivity contribution in [3.05, 3.63) is 22.4 Å². The largest absolute Gasteiger partial charge is 0.399 e. The van der Waals surface area contributed by atoms with E-state index in [2.05, 4.69) is 15.9 Å². The highest BCUT2D eigenvalue weighted by Gasteiger charge is 2.32. The van der Waals surface area contributed by atoms with Gasteiger partial charge in [-0.2, -0.15) is 13.2 Å². The number of nitrogens with two attached hydrogens (primary N) is 1. The van der Waals surface area contributed by atoms with Crippen LogP contribution in [-0.4, -0.2) is 20.6 Å². The van der Waals surface area contributed by atoms with Crippen LogP contribution in [0.25, 0.3) is 0 Å². The molecule has 3 N–H and O–H groups in total. The second kappa shape index (κ2) is 5.86. The van der Waals surface area contributed by atoms with E-state index in [0.717, 1.165) is 19.1 Å². The first-order valence-electron chi connectivity index (χ1n) is 5.26. The van der Waals surface area contributed by atoms with Gasteiger partial charge in [0.15, 0.2) is 5.82 Å². The zero-order valence-corrected chi connectivity index (χ0v) is 12.5. The molecule has 1 rings (SSSR count). The second-order valence-electron chi connectivity index (χ2n) is 4.16. The number of hydrogen-bond donors (Lipinski definition) is 2. The van der Waals surface area contributed by atoms with Crippen LogP contribution >= 0.6 is 15.9 Å². The fraction of sp³-hybridized carbons (Fsp3) is 0.400. The summed E-state index contributed by atoms with van der Waals surface area (Å²) >= 11 is 2.78. The van der Waals surface area contributed by atoms with E-state index >= 15 is 0 Å².